The lowest BCUT2D eigenvalue weighted by atomic mass is 10.1. The van der Waals surface area contributed by atoms with Gasteiger partial charge in [0.25, 0.3) is 0 Å². The van der Waals surface area contributed by atoms with Crippen LogP contribution in [0.25, 0.3) is 0 Å². The number of methoxy groups -OCH3 is 1. The number of benzene rings is 2. The van der Waals surface area contributed by atoms with E-state index in [0.29, 0.717) is 11.4 Å². The number of nitrogens with one attached hydrogen (secondary N) is 1. The van der Waals surface area contributed by atoms with E-state index in [-0.39, 0.29) is 30.3 Å². The summed E-state index contributed by atoms with van der Waals surface area (Å²) in [5, 5.41) is 2.79. The first-order valence-corrected chi connectivity index (χ1v) is 8.24. The summed E-state index contributed by atoms with van der Waals surface area (Å²) in [6, 6.07) is 14.1. The largest absolute Gasteiger partial charge is 0.465 e. The zero-order chi connectivity index (χ0) is 19.1. The van der Waals surface area contributed by atoms with E-state index in [1.165, 1.54) is 18.9 Å². The number of aryl methyl sites for hydroxylation is 1. The second-order valence-electron chi connectivity index (χ2n) is 5.84. The second kappa shape index (κ2) is 8.80. The zero-order valence-electron chi connectivity index (χ0n) is 15.1. The molecule has 2 rings (SSSR count). The Labute approximate surface area is 152 Å². The number of para-hydroxylation sites is 1. The number of rotatable bonds is 6. The van der Waals surface area contributed by atoms with E-state index in [1.54, 1.807) is 24.3 Å². The molecular formula is C20H22N2O4. The smallest absolute Gasteiger partial charge is 0.339 e. The Morgan fingerprint density at radius 1 is 1.04 bits per heavy atom. The van der Waals surface area contributed by atoms with Gasteiger partial charge in [-0.25, -0.2) is 4.79 Å². The van der Waals surface area contributed by atoms with Gasteiger partial charge in [-0.1, -0.05) is 29.8 Å². The predicted molar refractivity (Wildman–Crippen MR) is 100 cm³/mol. The third-order valence-electron chi connectivity index (χ3n) is 3.88. The van der Waals surface area contributed by atoms with Crippen molar-refractivity contribution in [1.29, 1.82) is 0 Å². The number of carbonyl (C=O) groups excluding carboxylic acids is 3. The number of anilines is 2. The van der Waals surface area contributed by atoms with Crippen molar-refractivity contribution in [2.45, 2.75) is 20.3 Å². The van der Waals surface area contributed by atoms with E-state index in [4.69, 9.17) is 4.74 Å². The molecule has 26 heavy (non-hydrogen) atoms. The van der Waals surface area contributed by atoms with E-state index in [1.807, 2.05) is 31.2 Å². The Morgan fingerprint density at radius 2 is 1.69 bits per heavy atom. The summed E-state index contributed by atoms with van der Waals surface area (Å²) in [5.41, 5.74) is 2.51. The standard InChI is InChI=1S/C20H22N2O4/c1-14-8-10-16(11-9-14)21-19(24)12-13-22(15(2)23)18-7-5-4-6-17(18)20(25)26-3/h4-11H,12-13H2,1-3H3,(H,21,24). The molecule has 2 amide bonds. The van der Waals surface area contributed by atoms with Crippen LogP contribution < -0.4 is 10.2 Å². The van der Waals surface area contributed by atoms with Crippen molar-refractivity contribution in [2.75, 3.05) is 23.9 Å². The lowest BCUT2D eigenvalue weighted by Crippen LogP contribution is -2.33. The number of hydrogen-bond donors (Lipinski definition) is 1. The number of amides is 2. The monoisotopic (exact) mass is 354 g/mol. The van der Waals surface area contributed by atoms with Gasteiger partial charge in [0.2, 0.25) is 11.8 Å². The molecule has 0 radical (unpaired) electrons. The van der Waals surface area contributed by atoms with Crippen molar-refractivity contribution in [2.24, 2.45) is 0 Å². The molecule has 0 saturated carbocycles. The molecule has 6 heteroatoms. The van der Waals surface area contributed by atoms with Gasteiger partial charge in [0.15, 0.2) is 0 Å². The van der Waals surface area contributed by atoms with E-state index < -0.39 is 5.97 Å². The average Bonchev–Trinajstić information content (AvgIpc) is 2.63. The summed E-state index contributed by atoms with van der Waals surface area (Å²) in [4.78, 5) is 37.6. The normalized spacial score (nSPS) is 10.1. The van der Waals surface area contributed by atoms with Gasteiger partial charge in [-0.3, -0.25) is 9.59 Å². The zero-order valence-corrected chi connectivity index (χ0v) is 15.1. The molecule has 2 aromatic rings. The molecule has 0 spiro atoms. The average molecular weight is 354 g/mol. The van der Waals surface area contributed by atoms with Crippen molar-refractivity contribution in [3.63, 3.8) is 0 Å². The third-order valence-corrected chi connectivity index (χ3v) is 3.88. The lowest BCUT2D eigenvalue weighted by molar-refractivity contribution is -0.117. The van der Waals surface area contributed by atoms with Crippen LogP contribution in [0.2, 0.25) is 0 Å². The van der Waals surface area contributed by atoms with Crippen molar-refractivity contribution >= 4 is 29.2 Å². The molecule has 0 unspecified atom stereocenters. The lowest BCUT2D eigenvalue weighted by Gasteiger charge is -2.23. The molecule has 0 atom stereocenters. The molecular weight excluding hydrogens is 332 g/mol. The van der Waals surface area contributed by atoms with Gasteiger partial charge in [-0.15, -0.1) is 0 Å². The molecule has 2 aromatic carbocycles. The minimum absolute atomic E-state index is 0.100. The molecule has 0 heterocycles. The minimum Gasteiger partial charge on any atom is -0.465 e. The summed E-state index contributed by atoms with van der Waals surface area (Å²) < 4.78 is 4.76. The Bertz CT molecular complexity index is 800. The predicted octanol–water partition coefficient (Wildman–Crippen LogP) is 3.16. The summed E-state index contributed by atoms with van der Waals surface area (Å²) in [6.45, 7) is 3.52. The van der Waals surface area contributed by atoms with Gasteiger partial charge in [-0.2, -0.15) is 0 Å². The van der Waals surface area contributed by atoms with Gasteiger partial charge >= 0.3 is 5.97 Å². The van der Waals surface area contributed by atoms with Crippen molar-refractivity contribution in [1.82, 2.24) is 0 Å². The summed E-state index contributed by atoms with van der Waals surface area (Å²) in [7, 11) is 1.28. The highest BCUT2D eigenvalue weighted by Crippen LogP contribution is 2.22. The first kappa shape index (κ1) is 19.2. The van der Waals surface area contributed by atoms with Crippen LogP contribution in [0, 0.1) is 6.92 Å². The van der Waals surface area contributed by atoms with Crippen LogP contribution in [0.3, 0.4) is 0 Å². The van der Waals surface area contributed by atoms with Crippen LogP contribution in [-0.2, 0) is 14.3 Å². The highest BCUT2D eigenvalue weighted by molar-refractivity contribution is 6.02. The highest BCUT2D eigenvalue weighted by atomic mass is 16.5. The Morgan fingerprint density at radius 3 is 2.31 bits per heavy atom. The first-order chi connectivity index (χ1) is 12.4. The van der Waals surface area contributed by atoms with Crippen LogP contribution >= 0.6 is 0 Å². The number of nitrogens with zero attached hydrogens (tertiary/aromatic N) is 1. The van der Waals surface area contributed by atoms with E-state index >= 15 is 0 Å². The van der Waals surface area contributed by atoms with Gasteiger partial charge < -0.3 is 15.0 Å². The molecule has 0 aliphatic carbocycles. The molecule has 1 N–H and O–H groups in total. The van der Waals surface area contributed by atoms with E-state index in [9.17, 15) is 14.4 Å². The number of esters is 1. The van der Waals surface area contributed by atoms with Crippen molar-refractivity contribution < 1.29 is 19.1 Å². The summed E-state index contributed by atoms with van der Waals surface area (Å²) in [5.74, 6) is -1.00. The van der Waals surface area contributed by atoms with Crippen LogP contribution in [0.1, 0.15) is 29.3 Å². The second-order valence-corrected chi connectivity index (χ2v) is 5.84. The van der Waals surface area contributed by atoms with Crippen molar-refractivity contribution in [3.8, 4) is 0 Å². The fourth-order valence-corrected chi connectivity index (χ4v) is 2.51. The Balaban J connectivity index is 2.09. The summed E-state index contributed by atoms with van der Waals surface area (Å²) in [6.07, 6.45) is 0.100. The quantitative estimate of drug-likeness (QED) is 0.809. The maximum absolute atomic E-state index is 12.2. The van der Waals surface area contributed by atoms with Gasteiger partial charge in [0.05, 0.1) is 18.4 Å². The molecule has 136 valence electrons. The number of ether oxygens (including phenoxy) is 1. The third kappa shape index (κ3) is 4.92. The topological polar surface area (TPSA) is 75.7 Å². The van der Waals surface area contributed by atoms with Crippen LogP contribution in [0.5, 0.6) is 0 Å². The molecule has 0 aliphatic heterocycles. The molecule has 6 nitrogen and oxygen atoms in total. The SMILES string of the molecule is COC(=O)c1ccccc1N(CCC(=O)Nc1ccc(C)cc1)C(C)=O. The van der Waals surface area contributed by atoms with Crippen LogP contribution in [0.15, 0.2) is 48.5 Å². The summed E-state index contributed by atoms with van der Waals surface area (Å²) >= 11 is 0. The van der Waals surface area contributed by atoms with Gasteiger partial charge in [0, 0.05) is 25.6 Å². The maximum atomic E-state index is 12.2. The molecule has 0 fully saturated rings. The highest BCUT2D eigenvalue weighted by Gasteiger charge is 2.20. The van der Waals surface area contributed by atoms with Gasteiger partial charge in [-0.05, 0) is 31.2 Å². The Hall–Kier alpha value is -3.15. The molecule has 0 aromatic heterocycles. The number of carbonyl (C=O) groups is 3. The maximum Gasteiger partial charge on any atom is 0.339 e. The molecule has 0 saturated heterocycles. The fourth-order valence-electron chi connectivity index (χ4n) is 2.51. The minimum atomic E-state index is -0.532. The number of hydrogen-bond acceptors (Lipinski definition) is 4. The van der Waals surface area contributed by atoms with E-state index in [2.05, 4.69) is 5.32 Å². The Kier molecular flexibility index (Phi) is 6.49. The van der Waals surface area contributed by atoms with Crippen LogP contribution in [0.4, 0.5) is 11.4 Å². The van der Waals surface area contributed by atoms with Crippen LogP contribution in [-0.4, -0.2) is 31.4 Å². The van der Waals surface area contributed by atoms with E-state index in [0.717, 1.165) is 5.56 Å². The fraction of sp³-hybridized carbons (Fsp3) is 0.250. The van der Waals surface area contributed by atoms with Gasteiger partial charge in [0.1, 0.15) is 0 Å². The molecule has 0 bridgehead atoms. The first-order valence-electron chi connectivity index (χ1n) is 8.24. The molecule has 0 aliphatic rings. The van der Waals surface area contributed by atoms with Crippen molar-refractivity contribution in [3.05, 3.63) is 59.7 Å².